The van der Waals surface area contributed by atoms with Crippen molar-refractivity contribution in [1.29, 1.82) is 0 Å². The number of nitrogens with zero attached hydrogens (tertiary/aromatic N) is 1. The smallest absolute Gasteiger partial charge is 0.264 e. The van der Waals surface area contributed by atoms with E-state index in [0.29, 0.717) is 25.2 Å². The molecule has 0 aromatic heterocycles. The second kappa shape index (κ2) is 14.3. The number of fused-ring (bicyclic) bond motifs is 2. The van der Waals surface area contributed by atoms with Crippen molar-refractivity contribution in [2.45, 2.75) is 95.0 Å². The quantitative estimate of drug-likeness (QED) is 0.170. The Hall–Kier alpha value is -2.33. The first-order valence-electron chi connectivity index (χ1n) is 17.5. The van der Waals surface area contributed by atoms with Gasteiger partial charge in [0.1, 0.15) is 0 Å². The van der Waals surface area contributed by atoms with Crippen molar-refractivity contribution < 1.29 is 21.8 Å². The summed E-state index contributed by atoms with van der Waals surface area (Å²) in [6.45, 7) is 9.56. The zero-order valence-corrected chi connectivity index (χ0v) is 30.5. The van der Waals surface area contributed by atoms with E-state index in [1.807, 2.05) is 18.2 Å². The molecule has 0 radical (unpaired) electrons. The second-order valence-corrected chi connectivity index (χ2v) is 21.1. The topological polar surface area (TPSA) is 65.1 Å². The highest BCUT2D eigenvalue weighted by molar-refractivity contribution is 7.86. The largest absolute Gasteiger partial charge is 0.407 e. The second-order valence-electron chi connectivity index (χ2n) is 15.2. The van der Waals surface area contributed by atoms with Gasteiger partial charge < -0.3 is 9.16 Å². The van der Waals surface area contributed by atoms with Crippen molar-refractivity contribution in [3.63, 3.8) is 0 Å². The minimum Gasteiger partial charge on any atom is -0.407 e. The molecule has 8 heteroatoms. The maximum atomic E-state index is 12.4. The number of ether oxygens (including phenoxy) is 1. The van der Waals surface area contributed by atoms with Crippen LogP contribution in [-0.2, 0) is 30.1 Å². The Morgan fingerprint density at radius 1 is 0.830 bits per heavy atom. The van der Waals surface area contributed by atoms with Gasteiger partial charge in [-0.25, -0.2) is 0 Å². The van der Waals surface area contributed by atoms with E-state index in [-0.39, 0.29) is 22.6 Å². The molecule has 0 N–H and O–H groups in total. The van der Waals surface area contributed by atoms with Gasteiger partial charge in [0.25, 0.3) is 18.4 Å². The molecule has 3 aliphatic rings. The van der Waals surface area contributed by atoms with E-state index in [4.69, 9.17) is 13.3 Å². The van der Waals surface area contributed by atoms with Crippen molar-refractivity contribution in [2.24, 2.45) is 11.8 Å². The van der Waals surface area contributed by atoms with Crippen LogP contribution in [-0.4, -0.2) is 65.3 Å². The number of hydrogen-bond donors (Lipinski definition) is 0. The lowest BCUT2D eigenvalue weighted by Crippen LogP contribution is -2.68. The maximum absolute atomic E-state index is 12.4. The molecule has 0 unspecified atom stereocenters. The van der Waals surface area contributed by atoms with Crippen LogP contribution in [0.4, 0.5) is 0 Å². The van der Waals surface area contributed by atoms with Crippen molar-refractivity contribution in [3.05, 3.63) is 96.6 Å². The number of rotatable bonds is 11. The van der Waals surface area contributed by atoms with E-state index in [2.05, 4.69) is 98.5 Å². The Kier molecular flexibility index (Phi) is 10.5. The summed E-state index contributed by atoms with van der Waals surface area (Å²) in [5.41, 5.74) is 1.16. The highest BCUT2D eigenvalue weighted by Gasteiger charge is 2.56. The van der Waals surface area contributed by atoms with Gasteiger partial charge in [0.05, 0.1) is 25.6 Å². The molecule has 1 aliphatic carbocycles. The summed E-state index contributed by atoms with van der Waals surface area (Å²) in [5, 5.41) is 2.57. The number of hydrogen-bond acceptors (Lipinski definition) is 6. The van der Waals surface area contributed by atoms with Crippen LogP contribution in [0.5, 0.6) is 0 Å². The summed E-state index contributed by atoms with van der Waals surface area (Å²) in [6, 6.07) is 32.4. The Morgan fingerprint density at radius 2 is 1.40 bits per heavy atom. The Balaban J connectivity index is 1.27. The van der Waals surface area contributed by atoms with Crippen molar-refractivity contribution >= 4 is 28.8 Å². The van der Waals surface area contributed by atoms with Gasteiger partial charge in [-0.15, -0.1) is 0 Å². The lowest BCUT2D eigenvalue weighted by Gasteiger charge is -2.57. The first kappa shape index (κ1) is 34.5. The fourth-order valence-electron chi connectivity index (χ4n) is 9.18. The van der Waals surface area contributed by atoms with Crippen LogP contribution < -0.4 is 10.4 Å². The third kappa shape index (κ3) is 7.33. The summed E-state index contributed by atoms with van der Waals surface area (Å²) >= 11 is 0. The molecule has 1 saturated carbocycles. The average molecular weight is 676 g/mol. The molecule has 2 saturated heterocycles. The zero-order valence-electron chi connectivity index (χ0n) is 28.6. The Bertz CT molecular complexity index is 1510. The molecule has 3 aromatic rings. The summed E-state index contributed by atoms with van der Waals surface area (Å²) in [6.07, 6.45) is 8.42. The molecule has 6 rings (SSSR count). The summed E-state index contributed by atoms with van der Waals surface area (Å²) in [5.74, 6) is 0.378. The predicted molar refractivity (Wildman–Crippen MR) is 192 cm³/mol. The highest BCUT2D eigenvalue weighted by atomic mass is 32.2. The van der Waals surface area contributed by atoms with Crippen LogP contribution in [0.1, 0.15) is 71.3 Å². The molecule has 0 bridgehead atoms. The molecule has 3 fully saturated rings. The molecule has 254 valence electrons. The van der Waals surface area contributed by atoms with E-state index < -0.39 is 18.4 Å². The minimum atomic E-state index is -3.59. The third-order valence-corrected chi connectivity index (χ3v) is 16.8. The van der Waals surface area contributed by atoms with Gasteiger partial charge in [-0.1, -0.05) is 125 Å². The van der Waals surface area contributed by atoms with Crippen LogP contribution in [0.2, 0.25) is 5.04 Å². The van der Waals surface area contributed by atoms with E-state index in [0.717, 1.165) is 57.2 Å². The summed E-state index contributed by atoms with van der Waals surface area (Å²) in [4.78, 5) is 2.78. The lowest BCUT2D eigenvalue weighted by molar-refractivity contribution is -0.111. The third-order valence-electron chi connectivity index (χ3n) is 11.2. The average Bonchev–Trinajstić information content (AvgIpc) is 3.44. The molecule has 3 aromatic carbocycles. The van der Waals surface area contributed by atoms with E-state index >= 15 is 0 Å². The molecular weight excluding hydrogens is 623 g/mol. The molecule has 1 spiro atoms. The molecule has 47 heavy (non-hydrogen) atoms. The Morgan fingerprint density at radius 3 is 1.98 bits per heavy atom. The van der Waals surface area contributed by atoms with Gasteiger partial charge in [0.15, 0.2) is 0 Å². The van der Waals surface area contributed by atoms with Crippen molar-refractivity contribution in [2.75, 3.05) is 26.0 Å². The highest BCUT2D eigenvalue weighted by Crippen LogP contribution is 2.51. The van der Waals surface area contributed by atoms with Crippen molar-refractivity contribution in [1.82, 2.24) is 4.90 Å². The monoisotopic (exact) mass is 675 g/mol. The summed E-state index contributed by atoms with van der Waals surface area (Å²) in [7, 11) is -6.26. The molecule has 2 heterocycles. The van der Waals surface area contributed by atoms with Gasteiger partial charge in [-0.05, 0) is 59.0 Å². The van der Waals surface area contributed by atoms with Gasteiger partial charge >= 0.3 is 0 Å². The minimum absolute atomic E-state index is 0.0292. The lowest BCUT2D eigenvalue weighted by atomic mass is 9.72. The Labute approximate surface area is 284 Å². The van der Waals surface area contributed by atoms with Crippen LogP contribution in [0, 0.1) is 11.8 Å². The maximum Gasteiger partial charge on any atom is 0.264 e. The normalized spacial score (nSPS) is 27.1. The first-order chi connectivity index (χ1) is 22.5. The van der Waals surface area contributed by atoms with Crippen LogP contribution >= 0.6 is 0 Å². The fourth-order valence-corrected chi connectivity index (χ4v) is 14.5. The fraction of sp³-hybridized carbons (Fsp3) is 0.538. The van der Waals surface area contributed by atoms with E-state index in [9.17, 15) is 8.42 Å². The summed E-state index contributed by atoms with van der Waals surface area (Å²) < 4.78 is 44.4. The zero-order chi connectivity index (χ0) is 33.1. The number of piperidine rings is 2. The van der Waals surface area contributed by atoms with Gasteiger partial charge in [-0.3, -0.25) is 9.08 Å². The molecule has 0 amide bonds. The van der Waals surface area contributed by atoms with E-state index in [1.54, 1.807) is 0 Å². The predicted octanol–water partition coefficient (Wildman–Crippen LogP) is 6.54. The van der Waals surface area contributed by atoms with Gasteiger partial charge in [0, 0.05) is 30.7 Å². The van der Waals surface area contributed by atoms with Crippen LogP contribution in [0.15, 0.2) is 91.0 Å². The van der Waals surface area contributed by atoms with Crippen molar-refractivity contribution in [3.8, 4) is 0 Å². The number of benzene rings is 3. The molecule has 6 nitrogen and oxygen atoms in total. The van der Waals surface area contributed by atoms with Crippen LogP contribution in [0.3, 0.4) is 0 Å². The molecular formula is C39H53NO5SSi. The van der Waals surface area contributed by atoms with E-state index in [1.165, 1.54) is 23.1 Å². The SMILES string of the molecule is CC(C)(C)[Si](OC[C@H]1CCC[C@]12CCC[C@@H]1C[C@@H](OS(C)(=O)=O)[C@H](COCc3ccccc3)CN12)(c1ccccc1)c1ccccc1. The van der Waals surface area contributed by atoms with Crippen LogP contribution in [0.25, 0.3) is 0 Å². The molecule has 2 aliphatic heterocycles. The first-order valence-corrected chi connectivity index (χ1v) is 21.3. The van der Waals surface area contributed by atoms with Gasteiger partial charge in [0.2, 0.25) is 0 Å². The standard InChI is InChI=1S/C39H53NO5SSi/c1-38(2,3)47(35-20-10-6-11-21-35,36-22-12-7-13-23-36)44-30-33-18-14-24-39(33)25-15-19-34-26-37(45-46(4,41)42)32(27-40(34)39)29-43-28-31-16-8-5-9-17-31/h5-13,16-17,20-23,32-34,37H,14-15,18-19,24-30H2,1-4H3/t32-,33+,34+,37+,39-/m0/s1. The molecule has 5 atom stereocenters. The van der Waals surface area contributed by atoms with Gasteiger partial charge in [-0.2, -0.15) is 8.42 Å².